The normalized spacial score (nSPS) is 9.83. The van der Waals surface area contributed by atoms with Gasteiger partial charge in [0.25, 0.3) is 0 Å². The van der Waals surface area contributed by atoms with E-state index in [0.717, 1.165) is 21.5 Å². The number of halogens is 1. The van der Waals surface area contributed by atoms with Gasteiger partial charge in [0.15, 0.2) is 0 Å². The molecule has 0 radical (unpaired) electrons. The van der Waals surface area contributed by atoms with Crippen molar-refractivity contribution in [3.05, 3.63) is 52.0 Å². The highest BCUT2D eigenvalue weighted by Crippen LogP contribution is 2.21. The quantitative estimate of drug-likeness (QED) is 0.946. The number of aryl methyl sites for hydroxylation is 1. The fourth-order valence-electron chi connectivity index (χ4n) is 1.42. The van der Waals surface area contributed by atoms with Crippen molar-refractivity contribution in [3.63, 3.8) is 0 Å². The van der Waals surface area contributed by atoms with Gasteiger partial charge in [0.2, 0.25) is 0 Å². The van der Waals surface area contributed by atoms with Crippen molar-refractivity contribution in [2.75, 3.05) is 5.32 Å². The molecule has 1 aromatic heterocycles. The monoisotopic (exact) mass is 302 g/mol. The largest absolute Gasteiger partial charge is 0.379 e. The summed E-state index contributed by atoms with van der Waals surface area (Å²) in [6.45, 7) is 2.51. The molecule has 5 heteroatoms. The first-order chi connectivity index (χ1) is 8.69. The summed E-state index contributed by atoms with van der Waals surface area (Å²) < 4.78 is 0.782. The van der Waals surface area contributed by atoms with Gasteiger partial charge in [-0.25, -0.2) is 0 Å². The summed E-state index contributed by atoms with van der Waals surface area (Å²) in [6.07, 6.45) is 3.49. The Morgan fingerprint density at radius 3 is 2.78 bits per heavy atom. The van der Waals surface area contributed by atoms with Gasteiger partial charge in [0.1, 0.15) is 6.07 Å². The number of benzene rings is 1. The topological polar surface area (TPSA) is 61.6 Å². The van der Waals surface area contributed by atoms with Crippen LogP contribution in [0.1, 0.15) is 17.0 Å². The molecule has 0 fully saturated rings. The Hall–Kier alpha value is -1.93. The highest BCUT2D eigenvalue weighted by Gasteiger charge is 2.01. The Morgan fingerprint density at radius 1 is 1.33 bits per heavy atom. The van der Waals surface area contributed by atoms with E-state index in [4.69, 9.17) is 5.26 Å². The summed E-state index contributed by atoms with van der Waals surface area (Å²) in [5, 5.41) is 12.1. The van der Waals surface area contributed by atoms with Crippen LogP contribution in [-0.4, -0.2) is 9.97 Å². The van der Waals surface area contributed by atoms with Gasteiger partial charge in [-0.3, -0.25) is 9.97 Å². The Balaban J connectivity index is 2.04. The number of aromatic nitrogens is 2. The molecule has 0 aliphatic heterocycles. The second-order valence-electron chi connectivity index (χ2n) is 3.81. The molecule has 2 rings (SSSR count). The van der Waals surface area contributed by atoms with Crippen LogP contribution in [0.4, 0.5) is 5.69 Å². The number of nitrogens with one attached hydrogen (secondary N) is 1. The van der Waals surface area contributed by atoms with Crippen LogP contribution in [0.2, 0.25) is 0 Å². The lowest BCUT2D eigenvalue weighted by Gasteiger charge is -2.06. The van der Waals surface area contributed by atoms with Crippen molar-refractivity contribution in [2.45, 2.75) is 13.5 Å². The van der Waals surface area contributed by atoms with E-state index in [0.29, 0.717) is 12.1 Å². The number of nitriles is 1. The van der Waals surface area contributed by atoms with Crippen LogP contribution < -0.4 is 5.32 Å². The van der Waals surface area contributed by atoms with Gasteiger partial charge >= 0.3 is 0 Å². The van der Waals surface area contributed by atoms with E-state index in [1.165, 1.54) is 0 Å². The number of hydrogen-bond acceptors (Lipinski definition) is 4. The van der Waals surface area contributed by atoms with E-state index in [9.17, 15) is 0 Å². The third-order valence-electron chi connectivity index (χ3n) is 2.40. The Bertz CT molecular complexity index is 587. The summed E-state index contributed by atoms with van der Waals surface area (Å²) in [5.74, 6) is 0. The molecule has 0 aliphatic rings. The van der Waals surface area contributed by atoms with Crippen molar-refractivity contribution in [1.82, 2.24) is 9.97 Å². The number of nitrogens with zero attached hydrogens (tertiary/aromatic N) is 3. The second kappa shape index (κ2) is 5.61. The molecule has 0 saturated carbocycles. The van der Waals surface area contributed by atoms with Crippen LogP contribution in [0.25, 0.3) is 0 Å². The standard InChI is InChI=1S/C13H11BrN4/c1-9-6-17-12(7-16-9)8-18-11-3-2-10(5-15)13(14)4-11/h2-4,6-7,18H,8H2,1H3. The van der Waals surface area contributed by atoms with Gasteiger partial charge < -0.3 is 5.32 Å². The molecular formula is C13H11BrN4. The summed E-state index contributed by atoms with van der Waals surface area (Å²) in [6, 6.07) is 7.62. The lowest BCUT2D eigenvalue weighted by molar-refractivity contribution is 0.984. The first-order valence-electron chi connectivity index (χ1n) is 5.40. The first-order valence-corrected chi connectivity index (χ1v) is 6.19. The van der Waals surface area contributed by atoms with E-state index in [1.807, 2.05) is 19.1 Å². The van der Waals surface area contributed by atoms with Crippen molar-refractivity contribution in [2.24, 2.45) is 0 Å². The maximum Gasteiger partial charge on any atom is 0.100 e. The number of rotatable bonds is 3. The van der Waals surface area contributed by atoms with Gasteiger partial charge in [-0.15, -0.1) is 0 Å². The molecule has 4 nitrogen and oxygen atoms in total. The summed E-state index contributed by atoms with van der Waals surface area (Å²) in [4.78, 5) is 8.44. The smallest absolute Gasteiger partial charge is 0.100 e. The van der Waals surface area contributed by atoms with Crippen molar-refractivity contribution in [3.8, 4) is 6.07 Å². The molecule has 1 aromatic carbocycles. The van der Waals surface area contributed by atoms with Crippen LogP contribution in [0.5, 0.6) is 0 Å². The fraction of sp³-hybridized carbons (Fsp3) is 0.154. The lowest BCUT2D eigenvalue weighted by Crippen LogP contribution is -2.02. The number of anilines is 1. The third kappa shape index (κ3) is 3.05. The lowest BCUT2D eigenvalue weighted by atomic mass is 10.2. The molecule has 1 N–H and O–H groups in total. The minimum Gasteiger partial charge on any atom is -0.379 e. The first kappa shape index (κ1) is 12.5. The van der Waals surface area contributed by atoms with E-state index >= 15 is 0 Å². The minimum atomic E-state index is 0.603. The van der Waals surface area contributed by atoms with E-state index in [2.05, 4.69) is 37.3 Å². The zero-order chi connectivity index (χ0) is 13.0. The molecule has 0 amide bonds. The highest BCUT2D eigenvalue weighted by atomic mass is 79.9. The Labute approximate surface area is 114 Å². The highest BCUT2D eigenvalue weighted by molar-refractivity contribution is 9.10. The number of hydrogen-bond donors (Lipinski definition) is 1. The molecular weight excluding hydrogens is 292 g/mol. The molecule has 18 heavy (non-hydrogen) atoms. The Morgan fingerprint density at radius 2 is 2.17 bits per heavy atom. The zero-order valence-corrected chi connectivity index (χ0v) is 11.4. The molecule has 90 valence electrons. The van der Waals surface area contributed by atoms with Gasteiger partial charge in [0.05, 0.1) is 29.7 Å². The maximum absolute atomic E-state index is 8.82. The fourth-order valence-corrected chi connectivity index (χ4v) is 1.89. The molecule has 2 aromatic rings. The zero-order valence-electron chi connectivity index (χ0n) is 9.81. The van der Waals surface area contributed by atoms with Crippen LogP contribution in [0.3, 0.4) is 0 Å². The average Bonchev–Trinajstić information content (AvgIpc) is 2.38. The molecule has 0 unspecified atom stereocenters. The predicted octanol–water partition coefficient (Wildman–Crippen LogP) is 3.03. The second-order valence-corrected chi connectivity index (χ2v) is 4.66. The van der Waals surface area contributed by atoms with Gasteiger partial charge in [-0.2, -0.15) is 5.26 Å². The Kier molecular flexibility index (Phi) is 3.90. The maximum atomic E-state index is 8.82. The van der Waals surface area contributed by atoms with E-state index in [-0.39, 0.29) is 0 Å². The SMILES string of the molecule is Cc1cnc(CNc2ccc(C#N)c(Br)c2)cn1. The molecule has 0 saturated heterocycles. The molecule has 0 aliphatic carbocycles. The molecule has 1 heterocycles. The third-order valence-corrected chi connectivity index (χ3v) is 3.05. The van der Waals surface area contributed by atoms with Crippen molar-refractivity contribution >= 4 is 21.6 Å². The van der Waals surface area contributed by atoms with Gasteiger partial charge in [-0.05, 0) is 41.1 Å². The summed E-state index contributed by atoms with van der Waals surface area (Å²) in [7, 11) is 0. The predicted molar refractivity (Wildman–Crippen MR) is 73.0 cm³/mol. The molecule has 0 spiro atoms. The summed E-state index contributed by atoms with van der Waals surface area (Å²) in [5.41, 5.74) is 3.33. The van der Waals surface area contributed by atoms with Crippen molar-refractivity contribution < 1.29 is 0 Å². The van der Waals surface area contributed by atoms with E-state index < -0.39 is 0 Å². The molecule has 0 bridgehead atoms. The van der Waals surface area contributed by atoms with Gasteiger partial charge in [-0.1, -0.05) is 0 Å². The summed E-state index contributed by atoms with van der Waals surface area (Å²) >= 11 is 3.35. The van der Waals surface area contributed by atoms with Gasteiger partial charge in [0, 0.05) is 16.4 Å². The van der Waals surface area contributed by atoms with Crippen LogP contribution in [-0.2, 0) is 6.54 Å². The van der Waals surface area contributed by atoms with Crippen LogP contribution in [0, 0.1) is 18.3 Å². The van der Waals surface area contributed by atoms with Crippen LogP contribution >= 0.6 is 15.9 Å². The van der Waals surface area contributed by atoms with E-state index in [1.54, 1.807) is 18.5 Å². The van der Waals surface area contributed by atoms with Crippen LogP contribution in [0.15, 0.2) is 35.1 Å². The molecule has 0 atom stereocenters. The average molecular weight is 303 g/mol. The van der Waals surface area contributed by atoms with Crippen molar-refractivity contribution in [1.29, 1.82) is 5.26 Å². The minimum absolute atomic E-state index is 0.603.